The average molecular weight is 588 g/mol. The summed E-state index contributed by atoms with van der Waals surface area (Å²) in [6, 6.07) is 5.70. The van der Waals surface area contributed by atoms with Crippen LogP contribution in [0.25, 0.3) is 11.0 Å². The molecule has 0 unspecified atom stereocenters. The van der Waals surface area contributed by atoms with E-state index in [1.54, 1.807) is 58.9 Å². The maximum absolute atomic E-state index is 13.3. The maximum atomic E-state index is 13.3. The number of carbonyl (C=O) groups is 4. The molecule has 0 aliphatic carbocycles. The van der Waals surface area contributed by atoms with Gasteiger partial charge in [-0.05, 0) is 44.0 Å². The predicted molar refractivity (Wildman–Crippen MR) is 157 cm³/mol. The van der Waals surface area contributed by atoms with Crippen LogP contribution in [-0.4, -0.2) is 62.9 Å². The molecule has 3 heterocycles. The van der Waals surface area contributed by atoms with E-state index >= 15 is 0 Å². The molecular formula is C31H33N5O7. The Balaban J connectivity index is 1.59. The highest BCUT2D eigenvalue weighted by molar-refractivity contribution is 6.01. The first-order valence-corrected chi connectivity index (χ1v) is 13.9. The molecule has 2 N–H and O–H groups in total. The van der Waals surface area contributed by atoms with Crippen molar-refractivity contribution in [3.05, 3.63) is 63.1 Å². The molecule has 4 rings (SSSR count). The number of nitrogens with zero attached hydrogens (tertiary/aromatic N) is 3. The first-order valence-electron chi connectivity index (χ1n) is 13.9. The minimum atomic E-state index is -0.966. The van der Waals surface area contributed by atoms with E-state index < -0.39 is 29.0 Å². The van der Waals surface area contributed by atoms with Gasteiger partial charge in [0.1, 0.15) is 6.04 Å². The molecule has 2 aromatic heterocycles. The number of hydrogen-bond acceptors (Lipinski definition) is 9. The first-order chi connectivity index (χ1) is 20.4. The zero-order valence-corrected chi connectivity index (χ0v) is 24.7. The highest BCUT2D eigenvalue weighted by Crippen LogP contribution is 2.29. The van der Waals surface area contributed by atoms with E-state index in [0.717, 1.165) is 0 Å². The Hall–Kier alpha value is -5.05. The summed E-state index contributed by atoms with van der Waals surface area (Å²) >= 11 is 0. The van der Waals surface area contributed by atoms with Crippen molar-refractivity contribution in [1.82, 2.24) is 19.9 Å². The lowest BCUT2D eigenvalue weighted by molar-refractivity contribution is -0.150. The summed E-state index contributed by atoms with van der Waals surface area (Å²) in [5, 5.41) is 2.78. The quantitative estimate of drug-likeness (QED) is 0.298. The topological polar surface area (TPSA) is 161 Å². The van der Waals surface area contributed by atoms with Crippen molar-refractivity contribution in [3.63, 3.8) is 0 Å². The average Bonchev–Trinajstić information content (AvgIpc) is 3.28. The second-order valence-electron chi connectivity index (χ2n) is 10.8. The van der Waals surface area contributed by atoms with Gasteiger partial charge in [0.05, 0.1) is 18.6 Å². The molecule has 0 saturated heterocycles. The van der Waals surface area contributed by atoms with Crippen molar-refractivity contribution in [2.45, 2.75) is 60.0 Å². The van der Waals surface area contributed by atoms with Gasteiger partial charge in [-0.25, -0.2) is 9.78 Å². The van der Waals surface area contributed by atoms with E-state index in [1.165, 1.54) is 11.1 Å². The van der Waals surface area contributed by atoms with Crippen LogP contribution in [0.15, 0.2) is 35.3 Å². The normalized spacial score (nSPS) is 13.1. The minimum absolute atomic E-state index is 0.00112. The number of esters is 2. The molecule has 0 bridgehead atoms. The van der Waals surface area contributed by atoms with Crippen molar-refractivity contribution in [2.24, 2.45) is 5.41 Å². The summed E-state index contributed by atoms with van der Waals surface area (Å²) in [6.07, 6.45) is 1.48. The number of pyridine rings is 1. The molecule has 0 fully saturated rings. The molecule has 3 aromatic rings. The van der Waals surface area contributed by atoms with Crippen LogP contribution in [-0.2, 0) is 30.4 Å². The van der Waals surface area contributed by atoms with Gasteiger partial charge in [-0.3, -0.25) is 29.5 Å². The lowest BCUT2D eigenvalue weighted by Gasteiger charge is -2.25. The zero-order valence-electron chi connectivity index (χ0n) is 24.7. The van der Waals surface area contributed by atoms with E-state index in [-0.39, 0.29) is 61.4 Å². The van der Waals surface area contributed by atoms with Gasteiger partial charge in [0.2, 0.25) is 11.9 Å². The van der Waals surface area contributed by atoms with Crippen LogP contribution < -0.4 is 10.9 Å². The van der Waals surface area contributed by atoms with Gasteiger partial charge in [0, 0.05) is 41.3 Å². The number of nitrogens with one attached hydrogen (secondary N) is 2. The molecule has 1 atom stereocenters. The third-order valence-corrected chi connectivity index (χ3v) is 6.67. The van der Waals surface area contributed by atoms with Gasteiger partial charge in [0.15, 0.2) is 5.65 Å². The van der Waals surface area contributed by atoms with Crippen LogP contribution in [0.5, 0.6) is 0 Å². The number of rotatable bonds is 8. The molecule has 2 amide bonds. The summed E-state index contributed by atoms with van der Waals surface area (Å²) in [5.41, 5.74) is 1.02. The highest BCUT2D eigenvalue weighted by atomic mass is 16.5. The van der Waals surface area contributed by atoms with Crippen molar-refractivity contribution < 1.29 is 28.7 Å². The van der Waals surface area contributed by atoms with Crippen LogP contribution in [0.3, 0.4) is 0 Å². The SMILES string of the molecule is CCOC(=O)CC[C@@H](C(=O)OCC)N1Cc2c(C#Cc3cnc4nc(NC(=O)C(C)(C)C)[nH]c(=O)c4c3)cccc2C1=O. The largest absolute Gasteiger partial charge is 0.466 e. The smallest absolute Gasteiger partial charge is 0.328 e. The van der Waals surface area contributed by atoms with Gasteiger partial charge < -0.3 is 14.4 Å². The first kappa shape index (κ1) is 30.9. The Morgan fingerprint density at radius 1 is 1.12 bits per heavy atom. The van der Waals surface area contributed by atoms with E-state index in [9.17, 15) is 24.0 Å². The monoisotopic (exact) mass is 587 g/mol. The number of ether oxygens (including phenoxy) is 2. The van der Waals surface area contributed by atoms with Crippen LogP contribution in [0, 0.1) is 17.3 Å². The number of benzene rings is 1. The molecule has 0 spiro atoms. The fourth-order valence-corrected chi connectivity index (χ4v) is 4.43. The van der Waals surface area contributed by atoms with Crippen LogP contribution in [0.4, 0.5) is 5.95 Å². The summed E-state index contributed by atoms with van der Waals surface area (Å²) in [5.74, 6) is 4.32. The van der Waals surface area contributed by atoms with Crippen LogP contribution in [0.1, 0.15) is 74.5 Å². The van der Waals surface area contributed by atoms with Crippen LogP contribution >= 0.6 is 0 Å². The third-order valence-electron chi connectivity index (χ3n) is 6.67. The van der Waals surface area contributed by atoms with Crippen molar-refractivity contribution in [1.29, 1.82) is 0 Å². The third kappa shape index (κ3) is 7.06. The van der Waals surface area contributed by atoms with Crippen molar-refractivity contribution >= 4 is 40.7 Å². The van der Waals surface area contributed by atoms with Gasteiger partial charge in [0.25, 0.3) is 11.5 Å². The summed E-state index contributed by atoms with van der Waals surface area (Å²) in [4.78, 5) is 75.6. The fourth-order valence-electron chi connectivity index (χ4n) is 4.43. The lowest BCUT2D eigenvalue weighted by atomic mass is 9.96. The number of aromatic nitrogens is 3. The van der Waals surface area contributed by atoms with Crippen molar-refractivity contribution in [3.8, 4) is 11.8 Å². The van der Waals surface area contributed by atoms with Gasteiger partial charge in [-0.2, -0.15) is 4.98 Å². The second kappa shape index (κ2) is 12.9. The molecule has 1 aliphatic heterocycles. The van der Waals surface area contributed by atoms with E-state index in [1.807, 2.05) is 0 Å². The minimum Gasteiger partial charge on any atom is -0.466 e. The number of carbonyl (C=O) groups excluding carboxylic acids is 4. The molecule has 43 heavy (non-hydrogen) atoms. The van der Waals surface area contributed by atoms with Crippen LogP contribution in [0.2, 0.25) is 0 Å². The number of fused-ring (bicyclic) bond motifs is 2. The molecular weight excluding hydrogens is 554 g/mol. The summed E-state index contributed by atoms with van der Waals surface area (Å²) in [6.45, 7) is 9.04. The molecule has 1 aromatic carbocycles. The number of aromatic amines is 1. The van der Waals surface area contributed by atoms with Crippen molar-refractivity contribution in [2.75, 3.05) is 18.5 Å². The lowest BCUT2D eigenvalue weighted by Crippen LogP contribution is -2.42. The number of H-pyrrole nitrogens is 1. The number of anilines is 1. The van der Waals surface area contributed by atoms with E-state index in [2.05, 4.69) is 32.1 Å². The molecule has 224 valence electrons. The maximum Gasteiger partial charge on any atom is 0.328 e. The highest BCUT2D eigenvalue weighted by Gasteiger charge is 2.38. The second-order valence-corrected chi connectivity index (χ2v) is 10.8. The van der Waals surface area contributed by atoms with Gasteiger partial charge in [-0.1, -0.05) is 38.7 Å². The molecule has 12 nitrogen and oxygen atoms in total. The predicted octanol–water partition coefficient (Wildman–Crippen LogP) is 2.93. The fraction of sp³-hybridized carbons (Fsp3) is 0.387. The Kier molecular flexibility index (Phi) is 9.24. The molecule has 12 heteroatoms. The zero-order chi connectivity index (χ0) is 31.3. The standard InChI is InChI=1S/C31H33N5O7/c1-6-42-24(37)14-13-23(28(40)43-7-2)36-17-22-19(9-8-10-20(22)27(36)39)12-11-18-15-21-25(32-16-18)33-30(34-26(21)38)35-29(41)31(3,4)5/h8-10,15-16,23H,6-7,13-14,17H2,1-5H3,(H2,32,33,34,35,38,41)/t23-/m0/s1. The van der Waals surface area contributed by atoms with Gasteiger partial charge in [-0.15, -0.1) is 0 Å². The Morgan fingerprint density at radius 3 is 2.56 bits per heavy atom. The van der Waals surface area contributed by atoms with Gasteiger partial charge >= 0.3 is 11.9 Å². The number of amides is 2. The molecule has 0 radical (unpaired) electrons. The Morgan fingerprint density at radius 2 is 1.86 bits per heavy atom. The Labute approximate surface area is 248 Å². The van der Waals surface area contributed by atoms with E-state index in [4.69, 9.17) is 9.47 Å². The molecule has 1 aliphatic rings. The van der Waals surface area contributed by atoms with E-state index in [0.29, 0.717) is 22.3 Å². The number of hydrogen-bond donors (Lipinski definition) is 2. The molecule has 0 saturated carbocycles. The Bertz CT molecular complexity index is 1710. The summed E-state index contributed by atoms with van der Waals surface area (Å²) < 4.78 is 10.2. The summed E-state index contributed by atoms with van der Waals surface area (Å²) in [7, 11) is 0.